The van der Waals surface area contributed by atoms with E-state index in [9.17, 15) is 4.79 Å². The van der Waals surface area contributed by atoms with Crippen LogP contribution in [0.4, 0.5) is 0 Å². The molecule has 1 aliphatic rings. The van der Waals surface area contributed by atoms with Crippen LogP contribution in [0.1, 0.15) is 36.1 Å². The Bertz CT molecular complexity index is 864. The van der Waals surface area contributed by atoms with Gasteiger partial charge in [0.15, 0.2) is 0 Å². The van der Waals surface area contributed by atoms with Crippen LogP contribution < -0.4 is 5.32 Å². The van der Waals surface area contributed by atoms with Crippen LogP contribution in [0.3, 0.4) is 0 Å². The predicted molar refractivity (Wildman–Crippen MR) is 108 cm³/mol. The molecule has 4 rings (SSSR count). The minimum Gasteiger partial charge on any atom is -0.361 e. The van der Waals surface area contributed by atoms with Crippen LogP contribution in [-0.2, 0) is 4.79 Å². The van der Waals surface area contributed by atoms with Crippen LogP contribution >= 0.6 is 11.3 Å². The van der Waals surface area contributed by atoms with Crippen molar-refractivity contribution in [1.29, 1.82) is 0 Å². The van der Waals surface area contributed by atoms with Gasteiger partial charge in [0.2, 0.25) is 5.91 Å². The third-order valence-electron chi connectivity index (χ3n) is 5.30. The summed E-state index contributed by atoms with van der Waals surface area (Å²) in [7, 11) is 0. The van der Waals surface area contributed by atoms with E-state index in [2.05, 4.69) is 58.3 Å². The highest BCUT2D eigenvalue weighted by Crippen LogP contribution is 2.32. The van der Waals surface area contributed by atoms with Gasteiger partial charge in [0.05, 0.1) is 6.04 Å². The molecule has 2 N–H and O–H groups in total. The van der Waals surface area contributed by atoms with Crippen LogP contribution in [0.5, 0.6) is 0 Å². The largest absolute Gasteiger partial charge is 0.361 e. The second-order valence-electron chi connectivity index (χ2n) is 7.02. The van der Waals surface area contributed by atoms with Crippen molar-refractivity contribution in [3.63, 3.8) is 0 Å². The van der Waals surface area contributed by atoms with Gasteiger partial charge in [0.1, 0.15) is 0 Å². The number of amides is 1. The monoisotopic (exact) mass is 367 g/mol. The Balaban J connectivity index is 1.54. The quantitative estimate of drug-likeness (QED) is 0.693. The standard InChI is InChI=1S/C21H25N3OS/c1-15(21(25)24-10-4-5-11-24)22-14-18(20-9-6-12-26-20)17-13-23-19-8-3-2-7-16(17)19/h2-3,6-9,12-13,15,18,22-23H,4-5,10-11,14H2,1H3/t15-,18+/m0/s1. The van der Waals surface area contributed by atoms with E-state index < -0.39 is 0 Å². The minimum atomic E-state index is -0.152. The number of benzene rings is 1. The van der Waals surface area contributed by atoms with Gasteiger partial charge in [0, 0.05) is 47.5 Å². The lowest BCUT2D eigenvalue weighted by molar-refractivity contribution is -0.131. The van der Waals surface area contributed by atoms with E-state index >= 15 is 0 Å². The maximum Gasteiger partial charge on any atom is 0.239 e. The lowest BCUT2D eigenvalue weighted by Crippen LogP contribution is -2.44. The van der Waals surface area contributed by atoms with Gasteiger partial charge in [-0.2, -0.15) is 0 Å². The molecule has 4 nitrogen and oxygen atoms in total. The molecule has 0 unspecified atom stereocenters. The highest BCUT2D eigenvalue weighted by atomic mass is 32.1. The molecule has 2 aromatic heterocycles. The van der Waals surface area contributed by atoms with Crippen LogP contribution in [0.2, 0.25) is 0 Å². The summed E-state index contributed by atoms with van der Waals surface area (Å²) in [6, 6.07) is 12.5. The zero-order valence-corrected chi connectivity index (χ0v) is 15.9. The van der Waals surface area contributed by atoms with E-state index in [-0.39, 0.29) is 17.9 Å². The Kier molecular flexibility index (Phi) is 5.09. The average Bonchev–Trinajstić information content (AvgIpc) is 3.42. The summed E-state index contributed by atoms with van der Waals surface area (Å²) in [5.41, 5.74) is 2.45. The minimum absolute atomic E-state index is 0.152. The van der Waals surface area contributed by atoms with Gasteiger partial charge in [-0.05, 0) is 42.8 Å². The smallest absolute Gasteiger partial charge is 0.239 e. The van der Waals surface area contributed by atoms with Crippen molar-refractivity contribution in [3.05, 3.63) is 58.4 Å². The average molecular weight is 368 g/mol. The van der Waals surface area contributed by atoms with Gasteiger partial charge in [0.25, 0.3) is 0 Å². The molecule has 0 saturated carbocycles. The van der Waals surface area contributed by atoms with Gasteiger partial charge in [-0.15, -0.1) is 11.3 Å². The number of carbonyl (C=O) groups is 1. The number of nitrogens with zero attached hydrogens (tertiary/aromatic N) is 1. The van der Waals surface area contributed by atoms with Crippen molar-refractivity contribution in [2.75, 3.05) is 19.6 Å². The van der Waals surface area contributed by atoms with Crippen LogP contribution in [0.25, 0.3) is 10.9 Å². The fraction of sp³-hybridized carbons (Fsp3) is 0.381. The van der Waals surface area contributed by atoms with Crippen LogP contribution in [-0.4, -0.2) is 41.5 Å². The van der Waals surface area contributed by atoms with Gasteiger partial charge in [-0.3, -0.25) is 4.79 Å². The molecule has 1 saturated heterocycles. The zero-order chi connectivity index (χ0) is 17.9. The van der Waals surface area contributed by atoms with Gasteiger partial charge in [-0.1, -0.05) is 24.3 Å². The molecule has 3 aromatic rings. The molecule has 0 bridgehead atoms. The summed E-state index contributed by atoms with van der Waals surface area (Å²) >= 11 is 1.77. The molecular weight excluding hydrogens is 342 g/mol. The number of hydrogen-bond acceptors (Lipinski definition) is 3. The van der Waals surface area contributed by atoms with Crippen molar-refractivity contribution in [1.82, 2.24) is 15.2 Å². The summed E-state index contributed by atoms with van der Waals surface area (Å²) < 4.78 is 0. The number of carbonyl (C=O) groups excluding carboxylic acids is 1. The molecule has 0 spiro atoms. The number of nitrogens with one attached hydrogen (secondary N) is 2. The Hall–Kier alpha value is -2.11. The first-order chi connectivity index (χ1) is 12.7. The van der Waals surface area contributed by atoms with Crippen molar-refractivity contribution in [2.45, 2.75) is 31.7 Å². The van der Waals surface area contributed by atoms with Crippen molar-refractivity contribution in [3.8, 4) is 0 Å². The number of aromatic amines is 1. The number of rotatable bonds is 6. The molecule has 1 aliphatic heterocycles. The van der Waals surface area contributed by atoms with E-state index in [0.717, 1.165) is 38.0 Å². The predicted octanol–water partition coefficient (Wildman–Crippen LogP) is 3.96. The third kappa shape index (κ3) is 3.41. The summed E-state index contributed by atoms with van der Waals surface area (Å²) in [4.78, 5) is 19.3. The topological polar surface area (TPSA) is 48.1 Å². The van der Waals surface area contributed by atoms with Crippen molar-refractivity contribution < 1.29 is 4.79 Å². The summed E-state index contributed by atoms with van der Waals surface area (Å²) in [6.45, 7) is 4.55. The SMILES string of the molecule is C[C@H](NC[C@@H](c1cccs1)c1c[nH]c2ccccc12)C(=O)N1CCCC1. The Morgan fingerprint density at radius 2 is 2.04 bits per heavy atom. The normalized spacial score (nSPS) is 16.9. The van der Waals surface area contributed by atoms with Crippen LogP contribution in [0.15, 0.2) is 48.0 Å². The second-order valence-corrected chi connectivity index (χ2v) is 8.00. The van der Waals surface area contributed by atoms with E-state index in [1.54, 1.807) is 11.3 Å². The summed E-state index contributed by atoms with van der Waals surface area (Å²) in [5, 5.41) is 6.88. The highest BCUT2D eigenvalue weighted by molar-refractivity contribution is 7.10. The van der Waals surface area contributed by atoms with Gasteiger partial charge < -0.3 is 15.2 Å². The molecule has 0 aliphatic carbocycles. The molecule has 1 amide bonds. The summed E-state index contributed by atoms with van der Waals surface area (Å²) in [5.74, 6) is 0.464. The lowest BCUT2D eigenvalue weighted by Gasteiger charge is -2.23. The number of para-hydroxylation sites is 1. The Morgan fingerprint density at radius 3 is 2.81 bits per heavy atom. The number of aromatic nitrogens is 1. The Labute approximate surface area is 158 Å². The van der Waals surface area contributed by atoms with Crippen molar-refractivity contribution >= 4 is 28.1 Å². The van der Waals surface area contributed by atoms with Crippen molar-refractivity contribution in [2.24, 2.45) is 0 Å². The molecule has 1 aromatic carbocycles. The molecule has 26 heavy (non-hydrogen) atoms. The summed E-state index contributed by atoms with van der Waals surface area (Å²) in [6.07, 6.45) is 4.38. The second kappa shape index (κ2) is 7.64. The van der Waals surface area contributed by atoms with E-state index in [0.29, 0.717) is 0 Å². The van der Waals surface area contributed by atoms with Crippen LogP contribution in [0, 0.1) is 0 Å². The van der Waals surface area contributed by atoms with Gasteiger partial charge >= 0.3 is 0 Å². The molecule has 2 atom stereocenters. The molecule has 3 heterocycles. The number of fused-ring (bicyclic) bond motifs is 1. The van der Waals surface area contributed by atoms with E-state index in [1.165, 1.54) is 15.8 Å². The maximum atomic E-state index is 12.6. The number of H-pyrrole nitrogens is 1. The number of likely N-dealkylation sites (tertiary alicyclic amines) is 1. The number of thiophene rings is 1. The zero-order valence-electron chi connectivity index (χ0n) is 15.1. The molecule has 136 valence electrons. The first kappa shape index (κ1) is 17.3. The fourth-order valence-corrected chi connectivity index (χ4v) is 4.67. The fourth-order valence-electron chi connectivity index (χ4n) is 3.83. The molecular formula is C21H25N3OS. The molecule has 1 fully saturated rings. The Morgan fingerprint density at radius 1 is 1.23 bits per heavy atom. The lowest BCUT2D eigenvalue weighted by atomic mass is 9.96. The first-order valence-electron chi connectivity index (χ1n) is 9.35. The number of hydrogen-bond donors (Lipinski definition) is 2. The van der Waals surface area contributed by atoms with E-state index in [1.807, 2.05) is 11.8 Å². The molecule has 5 heteroatoms. The first-order valence-corrected chi connectivity index (χ1v) is 10.2. The highest BCUT2D eigenvalue weighted by Gasteiger charge is 2.25. The molecule has 0 radical (unpaired) electrons. The third-order valence-corrected chi connectivity index (χ3v) is 6.29. The van der Waals surface area contributed by atoms with E-state index in [4.69, 9.17) is 0 Å². The maximum absolute atomic E-state index is 12.6. The van der Waals surface area contributed by atoms with Gasteiger partial charge in [-0.25, -0.2) is 0 Å².